The normalized spacial score (nSPS) is 23.6. The third-order valence-corrected chi connectivity index (χ3v) is 4.41. The standard InChI is InChI=1S/C17H28N2/c1-14(18)16(15-8-5-4-6-9-15)19-12-7-10-17(2,3)11-13-19/h4-6,8-9,14,16H,7,10-13,18H2,1-3H3. The highest BCUT2D eigenvalue weighted by molar-refractivity contribution is 5.20. The van der Waals surface area contributed by atoms with Gasteiger partial charge in [0.1, 0.15) is 0 Å². The average Bonchev–Trinajstić information content (AvgIpc) is 2.52. The van der Waals surface area contributed by atoms with E-state index in [0.717, 1.165) is 6.54 Å². The van der Waals surface area contributed by atoms with Gasteiger partial charge in [-0.25, -0.2) is 0 Å². The third kappa shape index (κ3) is 3.80. The summed E-state index contributed by atoms with van der Waals surface area (Å²) in [4.78, 5) is 2.59. The van der Waals surface area contributed by atoms with Crippen LogP contribution in [0.1, 0.15) is 51.6 Å². The maximum atomic E-state index is 6.28. The molecule has 1 fully saturated rings. The van der Waals surface area contributed by atoms with Gasteiger partial charge in [-0.3, -0.25) is 4.90 Å². The molecule has 0 aliphatic carbocycles. The van der Waals surface area contributed by atoms with Crippen LogP contribution >= 0.6 is 0 Å². The topological polar surface area (TPSA) is 29.3 Å². The van der Waals surface area contributed by atoms with Gasteiger partial charge < -0.3 is 5.73 Å². The molecule has 2 unspecified atom stereocenters. The Morgan fingerprint density at radius 2 is 1.79 bits per heavy atom. The fraction of sp³-hybridized carbons (Fsp3) is 0.647. The molecule has 0 radical (unpaired) electrons. The Hall–Kier alpha value is -0.860. The first-order chi connectivity index (χ1) is 8.99. The van der Waals surface area contributed by atoms with Gasteiger partial charge in [0.2, 0.25) is 0 Å². The van der Waals surface area contributed by atoms with Crippen molar-refractivity contribution in [2.75, 3.05) is 13.1 Å². The number of hydrogen-bond donors (Lipinski definition) is 1. The molecule has 0 aromatic heterocycles. The predicted molar refractivity (Wildman–Crippen MR) is 82.0 cm³/mol. The van der Waals surface area contributed by atoms with E-state index in [1.165, 1.54) is 31.4 Å². The highest BCUT2D eigenvalue weighted by Gasteiger charge is 2.29. The zero-order valence-corrected chi connectivity index (χ0v) is 12.6. The minimum absolute atomic E-state index is 0.170. The highest BCUT2D eigenvalue weighted by Crippen LogP contribution is 2.33. The summed E-state index contributed by atoms with van der Waals surface area (Å²) in [6.07, 6.45) is 3.87. The smallest absolute Gasteiger partial charge is 0.0496 e. The molecule has 1 saturated heterocycles. The van der Waals surface area contributed by atoms with Crippen LogP contribution in [-0.4, -0.2) is 24.0 Å². The lowest BCUT2D eigenvalue weighted by molar-refractivity contribution is 0.176. The summed E-state index contributed by atoms with van der Waals surface area (Å²) in [5.74, 6) is 0. The lowest BCUT2D eigenvalue weighted by atomic mass is 9.85. The molecule has 2 rings (SSSR count). The zero-order chi connectivity index (χ0) is 13.9. The van der Waals surface area contributed by atoms with Crippen molar-refractivity contribution < 1.29 is 0 Å². The van der Waals surface area contributed by atoms with Gasteiger partial charge in [-0.05, 0) is 50.3 Å². The molecule has 0 saturated carbocycles. The molecule has 1 aliphatic rings. The SMILES string of the molecule is CC(N)C(c1ccccc1)N1CCCC(C)(C)CC1. The molecule has 0 amide bonds. The minimum Gasteiger partial charge on any atom is -0.326 e. The molecule has 2 nitrogen and oxygen atoms in total. The largest absolute Gasteiger partial charge is 0.326 e. The molecule has 2 N–H and O–H groups in total. The Morgan fingerprint density at radius 3 is 2.42 bits per heavy atom. The molecule has 1 aliphatic heterocycles. The molecule has 0 bridgehead atoms. The van der Waals surface area contributed by atoms with Crippen LogP contribution in [0.25, 0.3) is 0 Å². The Morgan fingerprint density at radius 1 is 1.11 bits per heavy atom. The summed E-state index contributed by atoms with van der Waals surface area (Å²) >= 11 is 0. The van der Waals surface area contributed by atoms with Gasteiger partial charge in [-0.2, -0.15) is 0 Å². The second kappa shape index (κ2) is 6.06. The van der Waals surface area contributed by atoms with Crippen LogP contribution in [0.2, 0.25) is 0 Å². The Labute approximate surface area is 118 Å². The van der Waals surface area contributed by atoms with Crippen molar-refractivity contribution in [3.05, 3.63) is 35.9 Å². The van der Waals surface area contributed by atoms with Gasteiger partial charge in [-0.1, -0.05) is 44.2 Å². The summed E-state index contributed by atoms with van der Waals surface area (Å²) in [6.45, 7) is 9.24. The molecule has 106 valence electrons. The van der Waals surface area contributed by atoms with E-state index in [2.05, 4.69) is 56.0 Å². The van der Waals surface area contributed by atoms with Crippen molar-refractivity contribution in [1.82, 2.24) is 4.90 Å². The molecule has 2 heteroatoms. The summed E-state index contributed by atoms with van der Waals surface area (Å²) in [7, 11) is 0. The van der Waals surface area contributed by atoms with Crippen LogP contribution < -0.4 is 5.73 Å². The molecular weight excluding hydrogens is 232 g/mol. The van der Waals surface area contributed by atoms with Gasteiger partial charge in [0.15, 0.2) is 0 Å². The Bertz CT molecular complexity index is 384. The number of rotatable bonds is 3. The van der Waals surface area contributed by atoms with Crippen LogP contribution in [0, 0.1) is 5.41 Å². The molecule has 19 heavy (non-hydrogen) atoms. The lowest BCUT2D eigenvalue weighted by Gasteiger charge is -2.34. The van der Waals surface area contributed by atoms with Crippen LogP contribution in [0.4, 0.5) is 0 Å². The molecule has 0 spiro atoms. The van der Waals surface area contributed by atoms with Crippen LogP contribution in [-0.2, 0) is 0 Å². The van der Waals surface area contributed by atoms with Crippen LogP contribution in [0.3, 0.4) is 0 Å². The number of hydrogen-bond acceptors (Lipinski definition) is 2. The second-order valence-corrected chi connectivity index (χ2v) is 6.77. The quantitative estimate of drug-likeness (QED) is 0.900. The van der Waals surface area contributed by atoms with Crippen molar-refractivity contribution in [3.8, 4) is 0 Å². The maximum absolute atomic E-state index is 6.28. The van der Waals surface area contributed by atoms with Gasteiger partial charge in [0.25, 0.3) is 0 Å². The van der Waals surface area contributed by atoms with E-state index >= 15 is 0 Å². The first-order valence-electron chi connectivity index (χ1n) is 7.54. The maximum Gasteiger partial charge on any atom is 0.0496 e. The number of benzene rings is 1. The van der Waals surface area contributed by atoms with Gasteiger partial charge in [0, 0.05) is 12.1 Å². The van der Waals surface area contributed by atoms with Crippen molar-refractivity contribution in [1.29, 1.82) is 0 Å². The van der Waals surface area contributed by atoms with E-state index in [0.29, 0.717) is 11.5 Å². The molecule has 1 aromatic rings. The van der Waals surface area contributed by atoms with Gasteiger partial charge in [-0.15, -0.1) is 0 Å². The second-order valence-electron chi connectivity index (χ2n) is 6.77. The monoisotopic (exact) mass is 260 g/mol. The van der Waals surface area contributed by atoms with E-state index in [1.807, 2.05) is 0 Å². The molecule has 1 heterocycles. The van der Waals surface area contributed by atoms with Crippen molar-refractivity contribution >= 4 is 0 Å². The molecule has 2 atom stereocenters. The summed E-state index contributed by atoms with van der Waals surface area (Å²) in [5, 5.41) is 0. The van der Waals surface area contributed by atoms with E-state index in [-0.39, 0.29) is 6.04 Å². The summed E-state index contributed by atoms with van der Waals surface area (Å²) in [5.41, 5.74) is 8.11. The molecular formula is C17H28N2. The Balaban J connectivity index is 2.16. The fourth-order valence-corrected chi connectivity index (χ4v) is 3.22. The average molecular weight is 260 g/mol. The fourth-order valence-electron chi connectivity index (χ4n) is 3.22. The summed E-state index contributed by atoms with van der Waals surface area (Å²) in [6, 6.07) is 11.3. The van der Waals surface area contributed by atoms with Gasteiger partial charge >= 0.3 is 0 Å². The number of likely N-dealkylation sites (tertiary alicyclic amines) is 1. The summed E-state index contributed by atoms with van der Waals surface area (Å²) < 4.78 is 0. The first kappa shape index (κ1) is 14.5. The highest BCUT2D eigenvalue weighted by atomic mass is 15.2. The van der Waals surface area contributed by atoms with Crippen molar-refractivity contribution in [3.63, 3.8) is 0 Å². The number of nitrogens with zero attached hydrogens (tertiary/aromatic N) is 1. The van der Waals surface area contributed by atoms with Gasteiger partial charge in [0.05, 0.1) is 0 Å². The Kier molecular flexibility index (Phi) is 4.64. The van der Waals surface area contributed by atoms with Crippen molar-refractivity contribution in [2.45, 2.75) is 52.1 Å². The van der Waals surface area contributed by atoms with E-state index in [4.69, 9.17) is 5.73 Å². The third-order valence-electron chi connectivity index (χ3n) is 4.41. The zero-order valence-electron chi connectivity index (χ0n) is 12.6. The van der Waals surface area contributed by atoms with E-state index in [1.54, 1.807) is 0 Å². The lowest BCUT2D eigenvalue weighted by Crippen LogP contribution is -2.40. The minimum atomic E-state index is 0.170. The first-order valence-corrected chi connectivity index (χ1v) is 7.54. The van der Waals surface area contributed by atoms with Crippen molar-refractivity contribution in [2.24, 2.45) is 11.1 Å². The van der Waals surface area contributed by atoms with Crippen LogP contribution in [0.5, 0.6) is 0 Å². The van der Waals surface area contributed by atoms with E-state index in [9.17, 15) is 0 Å². The number of nitrogens with two attached hydrogens (primary N) is 1. The van der Waals surface area contributed by atoms with E-state index < -0.39 is 0 Å². The molecule has 1 aromatic carbocycles. The predicted octanol–water partition coefficient (Wildman–Crippen LogP) is 3.59. The van der Waals surface area contributed by atoms with Crippen LogP contribution in [0.15, 0.2) is 30.3 Å².